The van der Waals surface area contributed by atoms with Crippen molar-refractivity contribution in [2.45, 2.75) is 37.6 Å². The molecule has 0 saturated heterocycles. The van der Waals surface area contributed by atoms with E-state index < -0.39 is 21.8 Å². The summed E-state index contributed by atoms with van der Waals surface area (Å²) in [5.41, 5.74) is 1.97. The summed E-state index contributed by atoms with van der Waals surface area (Å²) in [5, 5.41) is 12.2. The second-order valence-electron chi connectivity index (χ2n) is 6.77. The minimum absolute atomic E-state index is 0.0332. The first kappa shape index (κ1) is 21.7. The van der Waals surface area contributed by atoms with Crippen LogP contribution in [0.1, 0.15) is 25.6 Å². The van der Waals surface area contributed by atoms with Crippen LogP contribution in [0.3, 0.4) is 0 Å². The number of aromatic nitrogens is 2. The van der Waals surface area contributed by atoms with Crippen molar-refractivity contribution >= 4 is 32.7 Å². The Hall–Kier alpha value is -2.98. The monoisotopic (exact) mass is 434 g/mol. The standard InChI is InChI=1S/C20H23FN4O4S/c1-2-3-4-19-24-17-11-15(7-10-18(17)25(19)12-20(26)27)22-13-23-30(28,29)16-8-5-14(21)6-9-16/h5-11,22-23H,2-4,12-13H2,1H3,(H,26,27). The third-order valence-electron chi connectivity index (χ3n) is 4.55. The molecule has 0 aliphatic heterocycles. The minimum atomic E-state index is -3.78. The summed E-state index contributed by atoms with van der Waals surface area (Å²) in [6, 6.07) is 9.79. The number of carbonyl (C=O) groups is 1. The predicted molar refractivity (Wildman–Crippen MR) is 111 cm³/mol. The number of aryl methyl sites for hydroxylation is 1. The Kier molecular flexibility index (Phi) is 6.68. The number of aliphatic carboxylic acids is 1. The molecule has 1 aromatic heterocycles. The number of anilines is 1. The average molecular weight is 434 g/mol. The van der Waals surface area contributed by atoms with E-state index >= 15 is 0 Å². The molecule has 0 fully saturated rings. The molecule has 0 amide bonds. The van der Waals surface area contributed by atoms with Gasteiger partial charge in [-0.3, -0.25) is 4.79 Å². The number of fused-ring (bicyclic) bond motifs is 1. The molecule has 0 aliphatic carbocycles. The maximum Gasteiger partial charge on any atom is 0.323 e. The van der Waals surface area contributed by atoms with Gasteiger partial charge in [0.2, 0.25) is 10.0 Å². The maximum absolute atomic E-state index is 13.0. The number of nitrogens with zero attached hydrogens (tertiary/aromatic N) is 2. The molecular formula is C20H23FN4O4S. The number of unbranched alkanes of at least 4 members (excludes halogenated alkanes) is 1. The average Bonchev–Trinajstić information content (AvgIpc) is 3.02. The highest BCUT2D eigenvalue weighted by atomic mass is 32.2. The molecule has 2 aromatic carbocycles. The topological polar surface area (TPSA) is 113 Å². The fourth-order valence-electron chi connectivity index (χ4n) is 3.06. The number of halogens is 1. The number of carboxylic acids is 1. The van der Waals surface area contributed by atoms with Crippen molar-refractivity contribution in [1.82, 2.24) is 14.3 Å². The number of hydrogen-bond donors (Lipinski definition) is 3. The Balaban J connectivity index is 1.73. The predicted octanol–water partition coefficient (Wildman–Crippen LogP) is 2.95. The van der Waals surface area contributed by atoms with Gasteiger partial charge in [-0.25, -0.2) is 17.8 Å². The molecular weight excluding hydrogens is 411 g/mol. The van der Waals surface area contributed by atoms with Crippen molar-refractivity contribution in [3.63, 3.8) is 0 Å². The van der Waals surface area contributed by atoms with Crippen LogP contribution >= 0.6 is 0 Å². The third kappa shape index (κ3) is 5.14. The second kappa shape index (κ2) is 9.23. The van der Waals surface area contributed by atoms with Crippen molar-refractivity contribution in [2.75, 3.05) is 12.0 Å². The van der Waals surface area contributed by atoms with Crippen molar-refractivity contribution in [3.8, 4) is 0 Å². The second-order valence-corrected chi connectivity index (χ2v) is 8.54. The third-order valence-corrected chi connectivity index (χ3v) is 5.97. The highest BCUT2D eigenvalue weighted by Gasteiger charge is 2.15. The Bertz CT molecular complexity index is 1140. The van der Waals surface area contributed by atoms with Crippen molar-refractivity contribution in [3.05, 3.63) is 54.1 Å². The molecule has 0 spiro atoms. The van der Waals surface area contributed by atoms with Gasteiger partial charge in [0.05, 0.1) is 22.6 Å². The number of nitrogens with one attached hydrogen (secondary N) is 2. The first-order chi connectivity index (χ1) is 14.3. The van der Waals surface area contributed by atoms with Crippen LogP contribution in [0, 0.1) is 5.82 Å². The summed E-state index contributed by atoms with van der Waals surface area (Å²) in [7, 11) is -3.78. The largest absolute Gasteiger partial charge is 0.480 e. The van der Waals surface area contributed by atoms with Crippen LogP contribution in [-0.4, -0.2) is 35.7 Å². The molecule has 10 heteroatoms. The van der Waals surface area contributed by atoms with E-state index in [1.165, 1.54) is 12.1 Å². The van der Waals surface area contributed by atoms with Gasteiger partial charge in [-0.15, -0.1) is 0 Å². The lowest BCUT2D eigenvalue weighted by Crippen LogP contribution is -2.29. The number of rotatable bonds is 10. The Morgan fingerprint density at radius 1 is 1.20 bits per heavy atom. The SMILES string of the molecule is CCCCc1nc2cc(NCNS(=O)(=O)c3ccc(F)cc3)ccc2n1CC(=O)O. The van der Waals surface area contributed by atoms with Crippen molar-refractivity contribution in [1.29, 1.82) is 0 Å². The zero-order valence-corrected chi connectivity index (χ0v) is 17.2. The molecule has 0 saturated carbocycles. The molecule has 0 radical (unpaired) electrons. The minimum Gasteiger partial charge on any atom is -0.480 e. The molecule has 8 nitrogen and oxygen atoms in total. The highest BCUT2D eigenvalue weighted by Crippen LogP contribution is 2.22. The van der Waals surface area contributed by atoms with E-state index in [1.54, 1.807) is 22.8 Å². The fourth-order valence-corrected chi connectivity index (χ4v) is 3.98. The van der Waals surface area contributed by atoms with E-state index in [0.29, 0.717) is 29.0 Å². The Morgan fingerprint density at radius 2 is 1.93 bits per heavy atom. The molecule has 1 heterocycles. The van der Waals surface area contributed by atoms with Crippen LogP contribution in [0.25, 0.3) is 11.0 Å². The maximum atomic E-state index is 13.0. The molecule has 3 rings (SSSR count). The first-order valence-corrected chi connectivity index (χ1v) is 11.0. The molecule has 0 bridgehead atoms. The smallest absolute Gasteiger partial charge is 0.323 e. The van der Waals surface area contributed by atoms with Crippen molar-refractivity contribution in [2.24, 2.45) is 0 Å². The Morgan fingerprint density at radius 3 is 2.60 bits per heavy atom. The lowest BCUT2D eigenvalue weighted by molar-refractivity contribution is -0.137. The molecule has 3 aromatic rings. The number of hydrogen-bond acceptors (Lipinski definition) is 5. The van der Waals surface area contributed by atoms with E-state index in [0.717, 1.165) is 25.0 Å². The molecule has 3 N–H and O–H groups in total. The van der Waals surface area contributed by atoms with Crippen LogP contribution in [0.5, 0.6) is 0 Å². The summed E-state index contributed by atoms with van der Waals surface area (Å²) in [6.07, 6.45) is 2.55. The first-order valence-electron chi connectivity index (χ1n) is 9.50. The summed E-state index contributed by atoms with van der Waals surface area (Å²) in [4.78, 5) is 15.8. The molecule has 0 unspecified atom stereocenters. The molecule has 0 aliphatic rings. The van der Waals surface area contributed by atoms with Gasteiger partial charge in [0.25, 0.3) is 0 Å². The normalized spacial score (nSPS) is 11.7. The van der Waals surface area contributed by atoms with E-state index in [-0.39, 0.29) is 18.1 Å². The number of imidazole rings is 1. The summed E-state index contributed by atoms with van der Waals surface area (Å²) < 4.78 is 41.6. The fraction of sp³-hybridized carbons (Fsp3) is 0.300. The quantitative estimate of drug-likeness (QED) is 0.423. The molecule has 160 valence electrons. The van der Waals surface area contributed by atoms with E-state index in [4.69, 9.17) is 0 Å². The van der Waals surface area contributed by atoms with Crippen molar-refractivity contribution < 1.29 is 22.7 Å². The number of benzene rings is 2. The summed E-state index contributed by atoms with van der Waals surface area (Å²) in [6.45, 7) is 1.81. The number of carboxylic acid groups (broad SMARTS) is 1. The zero-order valence-electron chi connectivity index (χ0n) is 16.4. The van der Waals surface area contributed by atoms with Crippen LogP contribution in [-0.2, 0) is 27.8 Å². The molecule has 0 atom stereocenters. The number of sulfonamides is 1. The van der Waals surface area contributed by atoms with Gasteiger partial charge < -0.3 is 15.0 Å². The van der Waals surface area contributed by atoms with E-state index in [9.17, 15) is 22.7 Å². The highest BCUT2D eigenvalue weighted by molar-refractivity contribution is 7.89. The lowest BCUT2D eigenvalue weighted by atomic mass is 10.2. The van der Waals surface area contributed by atoms with Gasteiger partial charge >= 0.3 is 5.97 Å². The van der Waals surface area contributed by atoms with Gasteiger partial charge in [-0.2, -0.15) is 4.72 Å². The van der Waals surface area contributed by atoms with Gasteiger partial charge in [-0.1, -0.05) is 13.3 Å². The van der Waals surface area contributed by atoms with Crippen LogP contribution in [0.15, 0.2) is 47.4 Å². The summed E-state index contributed by atoms with van der Waals surface area (Å²) >= 11 is 0. The summed E-state index contributed by atoms with van der Waals surface area (Å²) in [5.74, 6) is -0.742. The van der Waals surface area contributed by atoms with Gasteiger partial charge in [0.1, 0.15) is 18.2 Å². The lowest BCUT2D eigenvalue weighted by Gasteiger charge is -2.10. The van der Waals surface area contributed by atoms with Crippen LogP contribution < -0.4 is 10.0 Å². The van der Waals surface area contributed by atoms with Crippen LogP contribution in [0.2, 0.25) is 0 Å². The van der Waals surface area contributed by atoms with Gasteiger partial charge in [0, 0.05) is 12.1 Å². The van der Waals surface area contributed by atoms with Gasteiger partial charge in [-0.05, 0) is 48.9 Å². The van der Waals surface area contributed by atoms with Crippen LogP contribution in [0.4, 0.5) is 10.1 Å². The Labute approximate surface area is 173 Å². The zero-order chi connectivity index (χ0) is 21.7. The van der Waals surface area contributed by atoms with E-state index in [1.807, 2.05) is 0 Å². The van der Waals surface area contributed by atoms with E-state index in [2.05, 4.69) is 21.9 Å². The molecule has 30 heavy (non-hydrogen) atoms. The van der Waals surface area contributed by atoms with Gasteiger partial charge in [0.15, 0.2) is 0 Å².